The molecule has 0 aliphatic carbocycles. The van der Waals surface area contributed by atoms with E-state index in [2.05, 4.69) is 9.62 Å². The molecule has 1 aliphatic heterocycles. The summed E-state index contributed by atoms with van der Waals surface area (Å²) in [6.45, 7) is 0.695. The second kappa shape index (κ2) is 7.30. The van der Waals surface area contributed by atoms with Crippen LogP contribution in [0.2, 0.25) is 0 Å². The Balaban J connectivity index is 1.64. The number of fused-ring (bicyclic) bond motifs is 1. The third kappa shape index (κ3) is 4.38. The molecule has 2 N–H and O–H groups in total. The van der Waals surface area contributed by atoms with Gasteiger partial charge in [-0.3, -0.25) is 0 Å². The second-order valence-electron chi connectivity index (χ2n) is 6.46. The van der Waals surface area contributed by atoms with Crippen LogP contribution < -0.4 is 9.62 Å². The number of sulfonamides is 1. The summed E-state index contributed by atoms with van der Waals surface area (Å²) in [5.74, 6) is -2.24. The maximum Gasteiger partial charge on any atom is 0.215 e. The van der Waals surface area contributed by atoms with Gasteiger partial charge in [-0.15, -0.1) is 0 Å². The third-order valence-corrected chi connectivity index (χ3v) is 5.71. The molecule has 2 aromatic rings. The minimum absolute atomic E-state index is 0.00468. The van der Waals surface area contributed by atoms with E-state index in [1.165, 1.54) is 0 Å². The van der Waals surface area contributed by atoms with Gasteiger partial charge in [0.25, 0.3) is 0 Å². The number of hydrogen-bond donors (Lipinski definition) is 2. The Hall–Kier alpha value is -2.03. The van der Waals surface area contributed by atoms with Gasteiger partial charge in [-0.05, 0) is 41.3 Å². The van der Waals surface area contributed by atoms with Gasteiger partial charge in [0, 0.05) is 31.9 Å². The molecular weight excluding hydrogens is 362 g/mol. The first kappa shape index (κ1) is 18.8. The fourth-order valence-electron chi connectivity index (χ4n) is 3.08. The molecule has 3 rings (SSSR count). The molecule has 1 unspecified atom stereocenters. The minimum Gasteiger partial charge on any atom is -0.387 e. The maximum atomic E-state index is 13.2. The van der Waals surface area contributed by atoms with Gasteiger partial charge >= 0.3 is 0 Å². The molecule has 0 saturated heterocycles. The third-order valence-electron chi connectivity index (χ3n) is 4.39. The lowest BCUT2D eigenvalue weighted by molar-refractivity contribution is 0.182. The average Bonchev–Trinajstić information content (AvgIpc) is 2.92. The zero-order valence-electron chi connectivity index (χ0n) is 14.2. The molecule has 1 atom stereocenters. The Kier molecular flexibility index (Phi) is 5.27. The summed E-state index contributed by atoms with van der Waals surface area (Å²) in [6.07, 6.45) is -0.131. The summed E-state index contributed by atoms with van der Waals surface area (Å²) in [5.41, 5.74) is 2.85. The first-order valence-electron chi connectivity index (χ1n) is 8.18. The van der Waals surface area contributed by atoms with Crippen LogP contribution in [0.4, 0.5) is 14.5 Å². The van der Waals surface area contributed by atoms with Crippen LogP contribution in [-0.4, -0.2) is 33.7 Å². The predicted octanol–water partition coefficient (Wildman–Crippen LogP) is 2.11. The van der Waals surface area contributed by atoms with Crippen LogP contribution in [0.5, 0.6) is 0 Å². The zero-order chi connectivity index (χ0) is 18.9. The molecule has 0 fully saturated rings. The van der Waals surface area contributed by atoms with Crippen molar-refractivity contribution < 1.29 is 22.3 Å². The lowest BCUT2D eigenvalue weighted by Gasteiger charge is -2.15. The van der Waals surface area contributed by atoms with Crippen molar-refractivity contribution in [3.8, 4) is 0 Å². The van der Waals surface area contributed by atoms with Gasteiger partial charge in [-0.2, -0.15) is 0 Å². The quantitative estimate of drug-likeness (QED) is 0.803. The van der Waals surface area contributed by atoms with E-state index in [0.29, 0.717) is 11.6 Å². The SMILES string of the molecule is CN1CCc2cc(C(O)CNS(=O)(=O)Cc3cc(F)cc(F)c3)ccc21. The summed E-state index contributed by atoms with van der Waals surface area (Å²) in [4.78, 5) is 2.12. The van der Waals surface area contributed by atoms with E-state index in [1.54, 1.807) is 6.07 Å². The normalized spacial score (nSPS) is 15.2. The molecule has 1 aliphatic rings. The van der Waals surface area contributed by atoms with E-state index < -0.39 is 33.5 Å². The summed E-state index contributed by atoms with van der Waals surface area (Å²) in [6, 6.07) is 8.16. The lowest BCUT2D eigenvalue weighted by atomic mass is 10.0. The topological polar surface area (TPSA) is 69.6 Å². The van der Waals surface area contributed by atoms with Crippen molar-refractivity contribution in [2.24, 2.45) is 0 Å². The lowest BCUT2D eigenvalue weighted by Crippen LogP contribution is -2.29. The second-order valence-corrected chi connectivity index (χ2v) is 8.27. The van der Waals surface area contributed by atoms with Crippen molar-refractivity contribution in [3.05, 3.63) is 64.7 Å². The Labute approximate surface area is 151 Å². The molecule has 0 spiro atoms. The number of hydrogen-bond acceptors (Lipinski definition) is 4. The standard InChI is InChI=1S/C18H20F2N2O3S/c1-22-5-4-13-8-14(2-3-17(13)22)18(23)10-21-26(24,25)11-12-6-15(19)9-16(20)7-12/h2-3,6-9,18,21,23H,4-5,10-11H2,1H3. The fourth-order valence-corrected chi connectivity index (χ4v) is 4.20. The summed E-state index contributed by atoms with van der Waals surface area (Å²) < 4.78 is 52.9. The highest BCUT2D eigenvalue weighted by atomic mass is 32.2. The molecule has 0 radical (unpaired) electrons. The van der Waals surface area contributed by atoms with Crippen molar-refractivity contribution in [3.63, 3.8) is 0 Å². The number of aliphatic hydroxyl groups is 1. The van der Waals surface area contributed by atoms with Gasteiger partial charge in [0.2, 0.25) is 10.0 Å². The molecule has 140 valence electrons. The first-order chi connectivity index (χ1) is 12.2. The Morgan fingerprint density at radius 1 is 1.19 bits per heavy atom. The van der Waals surface area contributed by atoms with Crippen LogP contribution in [0, 0.1) is 11.6 Å². The van der Waals surface area contributed by atoms with E-state index in [9.17, 15) is 22.3 Å². The fraction of sp³-hybridized carbons (Fsp3) is 0.333. The molecule has 0 amide bonds. The predicted molar refractivity (Wildman–Crippen MR) is 95.4 cm³/mol. The van der Waals surface area contributed by atoms with E-state index in [1.807, 2.05) is 19.2 Å². The Bertz CT molecular complexity index is 898. The summed E-state index contributed by atoms with van der Waals surface area (Å²) in [5, 5.41) is 10.3. The van der Waals surface area contributed by atoms with Crippen LogP contribution >= 0.6 is 0 Å². The number of rotatable bonds is 6. The molecule has 8 heteroatoms. The van der Waals surface area contributed by atoms with Gasteiger partial charge in [-0.1, -0.05) is 12.1 Å². The highest BCUT2D eigenvalue weighted by molar-refractivity contribution is 7.88. The number of aliphatic hydroxyl groups excluding tert-OH is 1. The monoisotopic (exact) mass is 382 g/mol. The van der Waals surface area contributed by atoms with Gasteiger partial charge in [0.15, 0.2) is 0 Å². The molecule has 2 aromatic carbocycles. The van der Waals surface area contributed by atoms with Crippen molar-refractivity contribution >= 4 is 15.7 Å². The largest absolute Gasteiger partial charge is 0.387 e. The van der Waals surface area contributed by atoms with E-state index in [4.69, 9.17) is 0 Å². The Morgan fingerprint density at radius 2 is 1.88 bits per heavy atom. The smallest absolute Gasteiger partial charge is 0.215 e. The molecule has 5 nitrogen and oxygen atoms in total. The van der Waals surface area contributed by atoms with Gasteiger partial charge in [0.05, 0.1) is 11.9 Å². The van der Waals surface area contributed by atoms with E-state index in [-0.39, 0.29) is 12.1 Å². The molecule has 1 heterocycles. The molecule has 26 heavy (non-hydrogen) atoms. The van der Waals surface area contributed by atoms with Crippen molar-refractivity contribution in [1.29, 1.82) is 0 Å². The van der Waals surface area contributed by atoms with Crippen LogP contribution in [0.3, 0.4) is 0 Å². The maximum absolute atomic E-state index is 13.2. The highest BCUT2D eigenvalue weighted by Gasteiger charge is 2.20. The molecule has 0 saturated carbocycles. The first-order valence-corrected chi connectivity index (χ1v) is 9.83. The molecule has 0 bridgehead atoms. The average molecular weight is 382 g/mol. The number of nitrogens with one attached hydrogen (secondary N) is 1. The number of nitrogens with zero attached hydrogens (tertiary/aromatic N) is 1. The van der Waals surface area contributed by atoms with Gasteiger partial charge in [-0.25, -0.2) is 21.9 Å². The summed E-state index contributed by atoms with van der Waals surface area (Å²) in [7, 11) is -1.85. The number of anilines is 1. The van der Waals surface area contributed by atoms with Crippen LogP contribution in [0.1, 0.15) is 22.8 Å². The van der Waals surface area contributed by atoms with Crippen molar-refractivity contribution in [1.82, 2.24) is 4.72 Å². The zero-order valence-corrected chi connectivity index (χ0v) is 15.1. The van der Waals surface area contributed by atoms with Crippen LogP contribution in [0.25, 0.3) is 0 Å². The van der Waals surface area contributed by atoms with E-state index >= 15 is 0 Å². The minimum atomic E-state index is -3.84. The summed E-state index contributed by atoms with van der Waals surface area (Å²) >= 11 is 0. The number of likely N-dealkylation sites (N-methyl/N-ethyl adjacent to an activating group) is 1. The van der Waals surface area contributed by atoms with Gasteiger partial charge < -0.3 is 10.0 Å². The molecular formula is C18H20F2N2O3S. The van der Waals surface area contributed by atoms with Crippen molar-refractivity contribution in [2.45, 2.75) is 18.3 Å². The molecule has 0 aromatic heterocycles. The van der Waals surface area contributed by atoms with Crippen LogP contribution in [0.15, 0.2) is 36.4 Å². The highest BCUT2D eigenvalue weighted by Crippen LogP contribution is 2.29. The van der Waals surface area contributed by atoms with Crippen molar-refractivity contribution in [2.75, 3.05) is 25.0 Å². The Morgan fingerprint density at radius 3 is 2.58 bits per heavy atom. The number of benzene rings is 2. The number of halogens is 2. The van der Waals surface area contributed by atoms with Crippen LogP contribution in [-0.2, 0) is 22.2 Å². The van der Waals surface area contributed by atoms with Gasteiger partial charge in [0.1, 0.15) is 11.6 Å². The van der Waals surface area contributed by atoms with E-state index in [0.717, 1.165) is 36.3 Å².